The normalized spacial score (nSPS) is 12.0. The van der Waals surface area contributed by atoms with Gasteiger partial charge in [-0.05, 0) is 35.9 Å². The summed E-state index contributed by atoms with van der Waals surface area (Å²) in [5.41, 5.74) is 9.69. The van der Waals surface area contributed by atoms with Crippen molar-refractivity contribution < 1.29 is 9.53 Å². The third-order valence-corrected chi connectivity index (χ3v) is 3.93. The Morgan fingerprint density at radius 1 is 1.29 bits per heavy atom. The molecule has 2 aromatic carbocycles. The second-order valence-corrected chi connectivity index (χ2v) is 5.53. The summed E-state index contributed by atoms with van der Waals surface area (Å²) >= 11 is 0. The molecule has 0 saturated heterocycles. The van der Waals surface area contributed by atoms with Crippen molar-refractivity contribution in [2.75, 3.05) is 5.73 Å². The molecule has 120 valence electrons. The van der Waals surface area contributed by atoms with Crippen LogP contribution in [0.2, 0.25) is 0 Å². The van der Waals surface area contributed by atoms with E-state index < -0.39 is 0 Å². The topological polar surface area (TPSA) is 95.1 Å². The van der Waals surface area contributed by atoms with Crippen molar-refractivity contribution >= 4 is 11.6 Å². The predicted octanol–water partition coefficient (Wildman–Crippen LogP) is 1.67. The first-order chi connectivity index (χ1) is 11.7. The molecule has 0 fully saturated rings. The van der Waals surface area contributed by atoms with E-state index in [2.05, 4.69) is 15.4 Å². The summed E-state index contributed by atoms with van der Waals surface area (Å²) in [6.07, 6.45) is 3.00. The zero-order chi connectivity index (χ0) is 16.5. The van der Waals surface area contributed by atoms with E-state index in [9.17, 15) is 4.79 Å². The fraction of sp³-hybridized carbons (Fsp3) is 0.118. The molecule has 24 heavy (non-hydrogen) atoms. The number of nitrogen functional groups attached to an aromatic ring is 1. The van der Waals surface area contributed by atoms with Gasteiger partial charge in [0.15, 0.2) is 0 Å². The average Bonchev–Trinajstić information content (AvgIpc) is 3.09. The minimum Gasteiger partial charge on any atom is -0.488 e. The summed E-state index contributed by atoms with van der Waals surface area (Å²) in [5.74, 6) is 0.684. The highest BCUT2D eigenvalue weighted by Gasteiger charge is 2.15. The zero-order valence-corrected chi connectivity index (χ0v) is 12.8. The Balaban J connectivity index is 1.51. The molecule has 0 bridgehead atoms. The van der Waals surface area contributed by atoms with Gasteiger partial charge in [0.05, 0.1) is 11.3 Å². The summed E-state index contributed by atoms with van der Waals surface area (Å²) in [6, 6.07) is 11.1. The van der Waals surface area contributed by atoms with Crippen LogP contribution in [0.15, 0.2) is 49.1 Å². The minimum atomic E-state index is -0.228. The van der Waals surface area contributed by atoms with Crippen LogP contribution in [-0.4, -0.2) is 20.7 Å². The summed E-state index contributed by atoms with van der Waals surface area (Å²) in [5, 5.41) is 6.95. The van der Waals surface area contributed by atoms with Gasteiger partial charge in [0.1, 0.15) is 25.0 Å². The summed E-state index contributed by atoms with van der Waals surface area (Å²) in [4.78, 5) is 16.4. The summed E-state index contributed by atoms with van der Waals surface area (Å²) in [7, 11) is 0. The predicted molar refractivity (Wildman–Crippen MR) is 87.7 cm³/mol. The molecule has 0 radical (unpaired) electrons. The first kappa shape index (κ1) is 14.3. The van der Waals surface area contributed by atoms with Crippen LogP contribution < -0.4 is 15.8 Å². The second-order valence-electron chi connectivity index (χ2n) is 5.53. The molecule has 7 heteroatoms. The number of hydrogen-bond acceptors (Lipinski definition) is 5. The smallest absolute Gasteiger partial charge is 0.253 e. The number of ether oxygens (including phenoxy) is 1. The van der Waals surface area contributed by atoms with Crippen LogP contribution in [-0.2, 0) is 13.2 Å². The highest BCUT2D eigenvalue weighted by molar-refractivity contribution is 5.99. The van der Waals surface area contributed by atoms with E-state index in [1.54, 1.807) is 29.2 Å². The standard InChI is InChI=1S/C17H15N5O2/c18-15-3-2-13(22-10-19-9-21-22)6-14(15)17(23)20-7-11-1-4-16-12(5-11)8-24-16/h1-6,9-10H,7-8,18H2,(H,20,23). The van der Waals surface area contributed by atoms with Crippen molar-refractivity contribution in [3.8, 4) is 11.4 Å². The average molecular weight is 321 g/mol. The van der Waals surface area contributed by atoms with Crippen LogP contribution in [0.1, 0.15) is 21.5 Å². The zero-order valence-electron chi connectivity index (χ0n) is 12.8. The molecule has 0 aliphatic carbocycles. The molecule has 0 spiro atoms. The van der Waals surface area contributed by atoms with Gasteiger partial charge in [-0.25, -0.2) is 9.67 Å². The number of nitrogens with one attached hydrogen (secondary N) is 1. The maximum absolute atomic E-state index is 12.5. The number of carbonyl (C=O) groups is 1. The Bertz CT molecular complexity index is 905. The largest absolute Gasteiger partial charge is 0.488 e. The highest BCUT2D eigenvalue weighted by Crippen LogP contribution is 2.29. The van der Waals surface area contributed by atoms with Crippen molar-refractivity contribution in [1.29, 1.82) is 0 Å². The Morgan fingerprint density at radius 3 is 2.92 bits per heavy atom. The van der Waals surface area contributed by atoms with Crippen LogP contribution in [0.25, 0.3) is 5.69 Å². The monoisotopic (exact) mass is 321 g/mol. The number of amides is 1. The van der Waals surface area contributed by atoms with Crippen LogP contribution in [0.5, 0.6) is 5.75 Å². The fourth-order valence-electron chi connectivity index (χ4n) is 2.57. The second kappa shape index (κ2) is 5.69. The Labute approximate surface area is 138 Å². The highest BCUT2D eigenvalue weighted by atomic mass is 16.5. The Kier molecular flexibility index (Phi) is 3.38. The van der Waals surface area contributed by atoms with Gasteiger partial charge in [0, 0.05) is 17.8 Å². The van der Waals surface area contributed by atoms with Crippen molar-refractivity contribution in [2.24, 2.45) is 0 Å². The Hall–Kier alpha value is -3.35. The molecule has 7 nitrogen and oxygen atoms in total. The molecule has 1 aliphatic rings. The van der Waals surface area contributed by atoms with Crippen molar-refractivity contribution in [3.63, 3.8) is 0 Å². The maximum Gasteiger partial charge on any atom is 0.253 e. The molecule has 0 saturated carbocycles. The first-order valence-corrected chi connectivity index (χ1v) is 7.48. The molecule has 1 aliphatic heterocycles. The third kappa shape index (κ3) is 2.56. The number of aromatic nitrogens is 3. The minimum absolute atomic E-state index is 0.228. The first-order valence-electron chi connectivity index (χ1n) is 7.48. The van der Waals surface area contributed by atoms with Gasteiger partial charge in [0.25, 0.3) is 5.91 Å². The quantitative estimate of drug-likeness (QED) is 0.713. The van der Waals surface area contributed by atoms with E-state index in [4.69, 9.17) is 10.5 Å². The van der Waals surface area contributed by atoms with Crippen LogP contribution in [0, 0.1) is 0 Å². The van der Waals surface area contributed by atoms with Crippen LogP contribution in [0.4, 0.5) is 5.69 Å². The molecular weight excluding hydrogens is 306 g/mol. The summed E-state index contributed by atoms with van der Waals surface area (Å²) in [6.45, 7) is 1.06. The number of nitrogens with zero attached hydrogens (tertiary/aromatic N) is 3. The van der Waals surface area contributed by atoms with Crippen molar-refractivity contribution in [1.82, 2.24) is 20.1 Å². The van der Waals surface area contributed by atoms with E-state index in [-0.39, 0.29) is 5.91 Å². The van der Waals surface area contributed by atoms with Gasteiger partial charge in [-0.1, -0.05) is 6.07 Å². The van der Waals surface area contributed by atoms with E-state index in [0.29, 0.717) is 24.4 Å². The van der Waals surface area contributed by atoms with E-state index in [0.717, 1.165) is 22.6 Å². The molecule has 1 aromatic heterocycles. The number of benzene rings is 2. The lowest BCUT2D eigenvalue weighted by molar-refractivity contribution is 0.0951. The van der Waals surface area contributed by atoms with Crippen LogP contribution >= 0.6 is 0 Å². The lowest BCUT2D eigenvalue weighted by Gasteiger charge is -2.20. The number of hydrogen-bond donors (Lipinski definition) is 2. The van der Waals surface area contributed by atoms with Gasteiger partial charge in [0.2, 0.25) is 0 Å². The van der Waals surface area contributed by atoms with Gasteiger partial charge in [-0.3, -0.25) is 4.79 Å². The fourth-order valence-corrected chi connectivity index (χ4v) is 2.57. The summed E-state index contributed by atoms with van der Waals surface area (Å²) < 4.78 is 6.85. The molecular formula is C17H15N5O2. The number of nitrogens with two attached hydrogens (primary N) is 1. The lowest BCUT2D eigenvalue weighted by atomic mass is 10.1. The molecule has 2 heterocycles. The van der Waals surface area contributed by atoms with E-state index >= 15 is 0 Å². The van der Waals surface area contributed by atoms with Gasteiger partial charge >= 0.3 is 0 Å². The van der Waals surface area contributed by atoms with Crippen LogP contribution in [0.3, 0.4) is 0 Å². The molecule has 4 rings (SSSR count). The molecule has 3 aromatic rings. The number of carbonyl (C=O) groups excluding carboxylic acids is 1. The van der Waals surface area contributed by atoms with Crippen molar-refractivity contribution in [3.05, 3.63) is 65.7 Å². The number of anilines is 1. The van der Waals surface area contributed by atoms with Gasteiger partial charge in [-0.15, -0.1) is 0 Å². The molecule has 3 N–H and O–H groups in total. The number of rotatable bonds is 4. The molecule has 1 amide bonds. The number of fused-ring (bicyclic) bond motifs is 1. The maximum atomic E-state index is 12.5. The van der Waals surface area contributed by atoms with Gasteiger partial charge in [-0.2, -0.15) is 5.10 Å². The molecule has 0 unspecified atom stereocenters. The SMILES string of the molecule is Nc1ccc(-n2cncn2)cc1C(=O)NCc1ccc2c(c1)CO2. The van der Waals surface area contributed by atoms with E-state index in [1.165, 1.54) is 6.33 Å². The molecule has 0 atom stereocenters. The lowest BCUT2D eigenvalue weighted by Crippen LogP contribution is -2.24. The van der Waals surface area contributed by atoms with Gasteiger partial charge < -0.3 is 15.8 Å². The van der Waals surface area contributed by atoms with Crippen molar-refractivity contribution in [2.45, 2.75) is 13.2 Å². The third-order valence-electron chi connectivity index (χ3n) is 3.93. The Morgan fingerprint density at radius 2 is 2.21 bits per heavy atom. The van der Waals surface area contributed by atoms with E-state index in [1.807, 2.05) is 18.2 Å².